The third-order valence-corrected chi connectivity index (χ3v) is 4.92. The van der Waals surface area contributed by atoms with Crippen molar-refractivity contribution in [3.05, 3.63) is 40.3 Å². The van der Waals surface area contributed by atoms with Gasteiger partial charge in [-0.25, -0.2) is 17.6 Å². The summed E-state index contributed by atoms with van der Waals surface area (Å²) in [6, 6.07) is 4.38. The molecule has 1 heterocycles. The Morgan fingerprint density at radius 1 is 1.38 bits per heavy atom. The molecule has 0 amide bonds. The predicted molar refractivity (Wildman–Crippen MR) is 75.0 cm³/mol. The standard InChI is InChI=1S/C12H10FNO5S2/c1-19-10-4-7(13)2-3-9(10)14-21(17,18)8-5-11(12(15)16)20-6-8/h2-6,14H,1H3,(H,15,16). The number of sulfonamides is 1. The lowest BCUT2D eigenvalue weighted by molar-refractivity contribution is 0.0702. The number of thiophene rings is 1. The van der Waals surface area contributed by atoms with E-state index in [1.165, 1.54) is 18.6 Å². The van der Waals surface area contributed by atoms with Crippen LogP contribution in [0.15, 0.2) is 34.5 Å². The monoisotopic (exact) mass is 331 g/mol. The Morgan fingerprint density at radius 2 is 2.10 bits per heavy atom. The van der Waals surface area contributed by atoms with Crippen molar-refractivity contribution in [2.24, 2.45) is 0 Å². The first-order chi connectivity index (χ1) is 9.83. The lowest BCUT2D eigenvalue weighted by atomic mass is 10.3. The third kappa shape index (κ3) is 3.31. The van der Waals surface area contributed by atoms with E-state index < -0.39 is 21.8 Å². The first-order valence-electron chi connectivity index (χ1n) is 5.51. The molecule has 0 fully saturated rings. The average molecular weight is 331 g/mol. The molecule has 9 heteroatoms. The zero-order valence-corrected chi connectivity index (χ0v) is 12.3. The molecule has 0 aliphatic carbocycles. The number of nitrogens with one attached hydrogen (secondary N) is 1. The number of ether oxygens (including phenoxy) is 1. The van der Waals surface area contributed by atoms with Gasteiger partial charge in [0.25, 0.3) is 10.0 Å². The smallest absolute Gasteiger partial charge is 0.345 e. The minimum absolute atomic E-state index is 0.0206. The van der Waals surface area contributed by atoms with Gasteiger partial charge in [0.05, 0.1) is 17.7 Å². The van der Waals surface area contributed by atoms with E-state index in [2.05, 4.69) is 4.72 Å². The first kappa shape index (κ1) is 15.3. The molecule has 0 radical (unpaired) electrons. The Balaban J connectivity index is 2.35. The molecular weight excluding hydrogens is 321 g/mol. The number of anilines is 1. The van der Waals surface area contributed by atoms with Crippen molar-refractivity contribution < 1.29 is 27.4 Å². The summed E-state index contributed by atoms with van der Waals surface area (Å²) in [6.45, 7) is 0. The van der Waals surface area contributed by atoms with Gasteiger partial charge in [-0.1, -0.05) is 0 Å². The average Bonchev–Trinajstić information content (AvgIpc) is 2.91. The highest BCUT2D eigenvalue weighted by atomic mass is 32.2. The highest BCUT2D eigenvalue weighted by molar-refractivity contribution is 7.92. The topological polar surface area (TPSA) is 92.7 Å². The van der Waals surface area contributed by atoms with Crippen LogP contribution in [0.2, 0.25) is 0 Å². The highest BCUT2D eigenvalue weighted by Crippen LogP contribution is 2.28. The van der Waals surface area contributed by atoms with Gasteiger partial charge in [0.15, 0.2) is 0 Å². The molecule has 0 aliphatic heterocycles. The zero-order chi connectivity index (χ0) is 15.6. The van der Waals surface area contributed by atoms with Crippen molar-refractivity contribution in [2.75, 3.05) is 11.8 Å². The maximum absolute atomic E-state index is 13.1. The molecule has 1 aromatic heterocycles. The number of aromatic carboxylic acids is 1. The summed E-state index contributed by atoms with van der Waals surface area (Å²) < 4.78 is 44.5. The fourth-order valence-electron chi connectivity index (χ4n) is 1.52. The second-order valence-electron chi connectivity index (χ2n) is 3.90. The van der Waals surface area contributed by atoms with Gasteiger partial charge in [0, 0.05) is 11.4 Å². The van der Waals surface area contributed by atoms with Gasteiger partial charge in [0.1, 0.15) is 16.4 Å². The maximum atomic E-state index is 13.1. The van der Waals surface area contributed by atoms with E-state index in [0.29, 0.717) is 0 Å². The van der Waals surface area contributed by atoms with Gasteiger partial charge in [-0.05, 0) is 18.2 Å². The molecule has 0 atom stereocenters. The maximum Gasteiger partial charge on any atom is 0.345 e. The lowest BCUT2D eigenvalue weighted by Gasteiger charge is -2.10. The van der Waals surface area contributed by atoms with E-state index in [-0.39, 0.29) is 21.2 Å². The van der Waals surface area contributed by atoms with E-state index in [4.69, 9.17) is 9.84 Å². The number of rotatable bonds is 5. The van der Waals surface area contributed by atoms with E-state index in [1.807, 2.05) is 0 Å². The molecule has 6 nitrogen and oxygen atoms in total. The minimum atomic E-state index is -3.98. The number of hydrogen-bond acceptors (Lipinski definition) is 5. The normalized spacial score (nSPS) is 11.1. The summed E-state index contributed by atoms with van der Waals surface area (Å²) in [4.78, 5) is 10.5. The van der Waals surface area contributed by atoms with E-state index in [1.54, 1.807) is 0 Å². The van der Waals surface area contributed by atoms with Crippen LogP contribution < -0.4 is 9.46 Å². The molecule has 0 saturated heterocycles. The van der Waals surface area contributed by atoms with Gasteiger partial charge in [-0.3, -0.25) is 4.72 Å². The summed E-state index contributed by atoms with van der Waals surface area (Å²) in [5, 5.41) is 10.0. The van der Waals surface area contributed by atoms with Crippen LogP contribution in [-0.2, 0) is 10.0 Å². The fourth-order valence-corrected chi connectivity index (χ4v) is 3.71. The second kappa shape index (κ2) is 5.70. The summed E-state index contributed by atoms with van der Waals surface area (Å²) in [5.74, 6) is -1.76. The summed E-state index contributed by atoms with van der Waals surface area (Å²) >= 11 is 0.798. The number of methoxy groups -OCH3 is 1. The van der Waals surface area contributed by atoms with Crippen molar-refractivity contribution in [1.82, 2.24) is 0 Å². The van der Waals surface area contributed by atoms with E-state index in [0.717, 1.165) is 29.5 Å². The zero-order valence-electron chi connectivity index (χ0n) is 10.7. The summed E-state index contributed by atoms with van der Waals surface area (Å²) in [7, 11) is -2.70. The van der Waals surface area contributed by atoms with Crippen LogP contribution in [0.3, 0.4) is 0 Å². The molecule has 0 spiro atoms. The van der Waals surface area contributed by atoms with Crippen molar-refractivity contribution in [2.45, 2.75) is 4.90 Å². The first-order valence-corrected chi connectivity index (χ1v) is 7.88. The van der Waals surface area contributed by atoms with Crippen molar-refractivity contribution in [3.63, 3.8) is 0 Å². The number of benzene rings is 1. The van der Waals surface area contributed by atoms with Crippen LogP contribution in [0.4, 0.5) is 10.1 Å². The predicted octanol–water partition coefficient (Wildman–Crippen LogP) is 2.39. The molecular formula is C12H10FNO5S2. The van der Waals surface area contributed by atoms with Crippen LogP contribution in [0, 0.1) is 5.82 Å². The summed E-state index contributed by atoms with van der Waals surface area (Å²) in [6.07, 6.45) is 0. The van der Waals surface area contributed by atoms with Gasteiger partial charge in [-0.2, -0.15) is 0 Å². The largest absolute Gasteiger partial charge is 0.494 e. The molecule has 1 aromatic carbocycles. The van der Waals surface area contributed by atoms with Crippen molar-refractivity contribution in [1.29, 1.82) is 0 Å². The Hall–Kier alpha value is -2.13. The fraction of sp³-hybridized carbons (Fsp3) is 0.0833. The van der Waals surface area contributed by atoms with Gasteiger partial charge < -0.3 is 9.84 Å². The molecule has 112 valence electrons. The van der Waals surface area contributed by atoms with Crippen LogP contribution in [0.5, 0.6) is 5.75 Å². The molecule has 2 rings (SSSR count). The molecule has 0 bridgehead atoms. The molecule has 2 aromatic rings. The van der Waals surface area contributed by atoms with E-state index in [9.17, 15) is 17.6 Å². The molecule has 0 saturated carbocycles. The molecule has 21 heavy (non-hydrogen) atoms. The second-order valence-corrected chi connectivity index (χ2v) is 6.50. The molecule has 2 N–H and O–H groups in total. The highest BCUT2D eigenvalue weighted by Gasteiger charge is 2.20. The Kier molecular flexibility index (Phi) is 4.14. The minimum Gasteiger partial charge on any atom is -0.494 e. The van der Waals surface area contributed by atoms with Crippen LogP contribution >= 0.6 is 11.3 Å². The SMILES string of the molecule is COc1cc(F)ccc1NS(=O)(=O)c1csc(C(=O)O)c1. The van der Waals surface area contributed by atoms with Gasteiger partial charge >= 0.3 is 5.97 Å². The van der Waals surface area contributed by atoms with Gasteiger partial charge in [0.2, 0.25) is 0 Å². The van der Waals surface area contributed by atoms with Crippen LogP contribution in [0.1, 0.15) is 9.67 Å². The summed E-state index contributed by atoms with van der Waals surface area (Å²) in [5.41, 5.74) is 0.0574. The van der Waals surface area contributed by atoms with Gasteiger partial charge in [-0.15, -0.1) is 11.3 Å². The lowest BCUT2D eigenvalue weighted by Crippen LogP contribution is -2.13. The Bertz CT molecular complexity index is 785. The van der Waals surface area contributed by atoms with Crippen LogP contribution in [-0.4, -0.2) is 26.6 Å². The quantitative estimate of drug-likeness (QED) is 0.877. The number of carbonyl (C=O) groups is 1. The van der Waals surface area contributed by atoms with Crippen molar-refractivity contribution in [3.8, 4) is 5.75 Å². The number of carboxylic acid groups (broad SMARTS) is 1. The molecule has 0 unspecified atom stereocenters. The Labute approximate surface area is 123 Å². The Morgan fingerprint density at radius 3 is 2.67 bits per heavy atom. The third-order valence-electron chi connectivity index (χ3n) is 2.50. The van der Waals surface area contributed by atoms with Crippen molar-refractivity contribution >= 4 is 33.0 Å². The number of carboxylic acids is 1. The van der Waals surface area contributed by atoms with Crippen LogP contribution in [0.25, 0.3) is 0 Å². The number of halogens is 1. The van der Waals surface area contributed by atoms with E-state index >= 15 is 0 Å². The molecule has 0 aliphatic rings. The number of hydrogen-bond donors (Lipinski definition) is 2.